The number of sulfonamides is 1. The van der Waals surface area contributed by atoms with Gasteiger partial charge in [0.15, 0.2) is 0 Å². The number of anilines is 1. The third-order valence-electron chi connectivity index (χ3n) is 7.25. The fourth-order valence-corrected chi connectivity index (χ4v) is 5.64. The second kappa shape index (κ2) is 15.4. The van der Waals surface area contributed by atoms with Gasteiger partial charge in [0.25, 0.3) is 0 Å². The van der Waals surface area contributed by atoms with Crippen LogP contribution in [0, 0.1) is 0 Å². The van der Waals surface area contributed by atoms with Crippen molar-refractivity contribution in [3.63, 3.8) is 0 Å². The second-order valence-electron chi connectivity index (χ2n) is 10.5. The molecule has 0 radical (unpaired) electrons. The molecule has 7 nitrogen and oxygen atoms in total. The Morgan fingerprint density at radius 2 is 1.41 bits per heavy atom. The van der Waals surface area contributed by atoms with Gasteiger partial charge >= 0.3 is 0 Å². The molecule has 0 spiro atoms. The Balaban J connectivity index is 1.85. The molecule has 0 aliphatic rings. The van der Waals surface area contributed by atoms with Crippen molar-refractivity contribution >= 4 is 27.5 Å². The van der Waals surface area contributed by atoms with Crippen LogP contribution in [-0.2, 0) is 39.0 Å². The summed E-state index contributed by atoms with van der Waals surface area (Å²) < 4.78 is 26.6. The van der Waals surface area contributed by atoms with E-state index in [2.05, 4.69) is 5.32 Å². The predicted molar refractivity (Wildman–Crippen MR) is 166 cm³/mol. The van der Waals surface area contributed by atoms with E-state index in [0.29, 0.717) is 18.5 Å². The van der Waals surface area contributed by atoms with Crippen molar-refractivity contribution in [1.29, 1.82) is 0 Å². The largest absolute Gasteiger partial charge is 0.352 e. The average Bonchev–Trinajstić information content (AvgIpc) is 2.97. The summed E-state index contributed by atoms with van der Waals surface area (Å²) in [6.45, 7) is 6.45. The molecule has 3 aromatic carbocycles. The summed E-state index contributed by atoms with van der Waals surface area (Å²) in [6.07, 6.45) is 3.61. The lowest BCUT2D eigenvalue weighted by Crippen LogP contribution is -2.52. The van der Waals surface area contributed by atoms with Gasteiger partial charge in [-0.3, -0.25) is 13.9 Å². The number of carbonyl (C=O) groups is 2. The maximum Gasteiger partial charge on any atom is 0.243 e. The zero-order valence-electron chi connectivity index (χ0n) is 24.6. The van der Waals surface area contributed by atoms with Crippen LogP contribution in [0.4, 0.5) is 5.69 Å². The molecule has 0 fully saturated rings. The highest BCUT2D eigenvalue weighted by atomic mass is 32.2. The van der Waals surface area contributed by atoms with Crippen LogP contribution >= 0.6 is 0 Å². The molecule has 0 unspecified atom stereocenters. The number of nitrogens with one attached hydrogen (secondary N) is 1. The molecule has 3 rings (SSSR count). The molecule has 220 valence electrons. The van der Waals surface area contributed by atoms with Crippen LogP contribution in [0.3, 0.4) is 0 Å². The molecule has 1 N–H and O–H groups in total. The van der Waals surface area contributed by atoms with Crippen LogP contribution in [0.5, 0.6) is 0 Å². The van der Waals surface area contributed by atoms with E-state index in [1.165, 1.54) is 10.6 Å². The van der Waals surface area contributed by atoms with E-state index in [9.17, 15) is 18.0 Å². The summed E-state index contributed by atoms with van der Waals surface area (Å²) in [4.78, 5) is 29.1. The van der Waals surface area contributed by atoms with Crippen molar-refractivity contribution in [3.8, 4) is 0 Å². The zero-order valence-corrected chi connectivity index (χ0v) is 25.4. The highest BCUT2D eigenvalue weighted by Gasteiger charge is 2.31. The lowest BCUT2D eigenvalue weighted by atomic mass is 10.0. The highest BCUT2D eigenvalue weighted by molar-refractivity contribution is 7.92. The van der Waals surface area contributed by atoms with Gasteiger partial charge in [0.1, 0.15) is 6.04 Å². The molecule has 2 amide bonds. The molecule has 41 heavy (non-hydrogen) atoms. The molecule has 2 atom stereocenters. The van der Waals surface area contributed by atoms with E-state index >= 15 is 0 Å². The minimum Gasteiger partial charge on any atom is -0.352 e. The monoisotopic (exact) mass is 577 g/mol. The van der Waals surface area contributed by atoms with Crippen molar-refractivity contribution in [1.82, 2.24) is 10.2 Å². The normalized spacial score (nSPS) is 12.8. The Bertz CT molecular complexity index is 1350. The summed E-state index contributed by atoms with van der Waals surface area (Å²) in [5, 5.41) is 3.08. The Labute approximate surface area is 245 Å². The molecular weight excluding hydrogens is 534 g/mol. The van der Waals surface area contributed by atoms with Gasteiger partial charge in [0.2, 0.25) is 21.8 Å². The summed E-state index contributed by atoms with van der Waals surface area (Å²) in [6, 6.07) is 26.0. The first-order chi connectivity index (χ1) is 19.6. The van der Waals surface area contributed by atoms with Gasteiger partial charge in [-0.2, -0.15) is 0 Å². The lowest BCUT2D eigenvalue weighted by molar-refractivity contribution is -0.141. The Hall–Kier alpha value is -3.65. The summed E-state index contributed by atoms with van der Waals surface area (Å²) >= 11 is 0. The molecule has 0 aromatic heterocycles. The maximum absolute atomic E-state index is 13.9. The van der Waals surface area contributed by atoms with Crippen LogP contribution in [0.15, 0.2) is 84.9 Å². The third-order valence-corrected chi connectivity index (χ3v) is 8.45. The second-order valence-corrected chi connectivity index (χ2v) is 12.4. The molecule has 0 heterocycles. The number of carbonyl (C=O) groups excluding carboxylic acids is 2. The summed E-state index contributed by atoms with van der Waals surface area (Å²) in [7, 11) is -3.55. The van der Waals surface area contributed by atoms with Gasteiger partial charge in [0.05, 0.1) is 11.9 Å². The first-order valence-corrected chi connectivity index (χ1v) is 16.2. The lowest BCUT2D eigenvalue weighted by Gasteiger charge is -2.32. The SMILES string of the molecule is CCc1ccc(N(CCCC(=O)N(Cc2ccccc2)[C@@H](Cc2ccccc2)C(=O)N[C@H](C)CC)S(C)(=O)=O)cc1. The van der Waals surface area contributed by atoms with Gasteiger partial charge in [-0.25, -0.2) is 8.42 Å². The first-order valence-electron chi connectivity index (χ1n) is 14.4. The van der Waals surface area contributed by atoms with Crippen molar-refractivity contribution in [2.45, 2.75) is 71.5 Å². The van der Waals surface area contributed by atoms with E-state index in [4.69, 9.17) is 0 Å². The van der Waals surface area contributed by atoms with Gasteiger partial charge in [0, 0.05) is 32.0 Å². The Morgan fingerprint density at radius 3 is 1.95 bits per heavy atom. The maximum atomic E-state index is 13.9. The molecule has 0 aliphatic heterocycles. The predicted octanol–water partition coefficient (Wildman–Crippen LogP) is 5.35. The van der Waals surface area contributed by atoms with E-state index < -0.39 is 16.1 Å². The smallest absolute Gasteiger partial charge is 0.243 e. The minimum absolute atomic E-state index is 0.0307. The Kier molecular flexibility index (Phi) is 12.0. The number of aryl methyl sites for hydroxylation is 1. The minimum atomic E-state index is -3.55. The van der Waals surface area contributed by atoms with Gasteiger partial charge in [-0.15, -0.1) is 0 Å². The van der Waals surface area contributed by atoms with Gasteiger partial charge < -0.3 is 10.2 Å². The Morgan fingerprint density at radius 1 is 0.829 bits per heavy atom. The van der Waals surface area contributed by atoms with E-state index in [1.807, 2.05) is 93.6 Å². The molecular formula is C33H43N3O4S. The molecule has 8 heteroatoms. The molecule has 0 saturated heterocycles. The number of rotatable bonds is 15. The number of hydrogen-bond acceptors (Lipinski definition) is 4. The standard InChI is InChI=1S/C33H43N3O4S/c1-5-26(3)34-33(38)31(24-28-14-9-7-10-15-28)35(25-29-16-11-8-12-17-29)32(37)18-13-23-36(41(4,39)40)30-21-19-27(6-2)20-22-30/h7-12,14-17,19-22,26,31H,5-6,13,18,23-25H2,1-4H3,(H,34,38)/t26-,31+/m1/s1. The number of nitrogens with zero attached hydrogens (tertiary/aromatic N) is 2. The van der Waals surface area contributed by atoms with E-state index in [1.54, 1.807) is 17.0 Å². The van der Waals surface area contributed by atoms with Crippen LogP contribution < -0.4 is 9.62 Å². The molecule has 0 saturated carbocycles. The summed E-state index contributed by atoms with van der Waals surface area (Å²) in [5.74, 6) is -0.384. The van der Waals surface area contributed by atoms with E-state index in [-0.39, 0.29) is 37.4 Å². The van der Waals surface area contributed by atoms with Crippen molar-refractivity contribution in [3.05, 3.63) is 102 Å². The van der Waals surface area contributed by atoms with Crippen LogP contribution in [0.25, 0.3) is 0 Å². The third kappa shape index (κ3) is 9.74. The molecule has 3 aromatic rings. The fourth-order valence-electron chi connectivity index (χ4n) is 4.68. The van der Waals surface area contributed by atoms with Gasteiger partial charge in [-0.05, 0) is 55.0 Å². The van der Waals surface area contributed by atoms with Crippen molar-refractivity contribution in [2.75, 3.05) is 17.1 Å². The van der Waals surface area contributed by atoms with E-state index in [0.717, 1.165) is 29.5 Å². The first kappa shape index (κ1) is 31.9. The van der Waals surface area contributed by atoms with Crippen LogP contribution in [0.1, 0.15) is 56.7 Å². The fraction of sp³-hybridized carbons (Fsp3) is 0.394. The van der Waals surface area contributed by atoms with Crippen molar-refractivity contribution in [2.24, 2.45) is 0 Å². The quantitative estimate of drug-likeness (QED) is 0.264. The van der Waals surface area contributed by atoms with Crippen molar-refractivity contribution < 1.29 is 18.0 Å². The zero-order chi connectivity index (χ0) is 29.8. The molecule has 0 aliphatic carbocycles. The topological polar surface area (TPSA) is 86.8 Å². The number of amides is 2. The van der Waals surface area contributed by atoms with Crippen LogP contribution in [-0.4, -0.2) is 50.0 Å². The van der Waals surface area contributed by atoms with Gasteiger partial charge in [-0.1, -0.05) is 86.6 Å². The average molecular weight is 578 g/mol. The van der Waals surface area contributed by atoms with Crippen LogP contribution in [0.2, 0.25) is 0 Å². The highest BCUT2D eigenvalue weighted by Crippen LogP contribution is 2.21. The molecule has 0 bridgehead atoms. The number of benzene rings is 3. The summed E-state index contributed by atoms with van der Waals surface area (Å²) in [5.41, 5.74) is 3.58. The number of hydrogen-bond donors (Lipinski definition) is 1.